The van der Waals surface area contributed by atoms with Crippen molar-refractivity contribution >= 4 is 34.7 Å². The molecule has 0 fully saturated rings. The number of aromatic nitrogens is 2. The Balaban J connectivity index is 2.03. The SMILES string of the molecule is Cc1cc(C)c(-n2[nH]c(Nc3cc(Cl)ccc3C)cc2=O)c(Cl)c1. The lowest BCUT2D eigenvalue weighted by Crippen LogP contribution is -2.15. The fraction of sp³-hybridized carbons (Fsp3) is 0.167. The van der Waals surface area contributed by atoms with Crippen LogP contribution < -0.4 is 10.9 Å². The van der Waals surface area contributed by atoms with Crippen molar-refractivity contribution in [1.29, 1.82) is 0 Å². The van der Waals surface area contributed by atoms with Crippen molar-refractivity contribution < 1.29 is 0 Å². The van der Waals surface area contributed by atoms with Gasteiger partial charge in [0.25, 0.3) is 5.56 Å². The second-order valence-corrected chi connectivity index (χ2v) is 6.68. The third-order valence-electron chi connectivity index (χ3n) is 3.81. The Morgan fingerprint density at radius 2 is 1.75 bits per heavy atom. The number of hydrogen-bond acceptors (Lipinski definition) is 2. The van der Waals surface area contributed by atoms with Crippen molar-refractivity contribution in [2.24, 2.45) is 0 Å². The molecule has 6 heteroatoms. The number of anilines is 2. The van der Waals surface area contributed by atoms with Crippen LogP contribution in [0.15, 0.2) is 41.2 Å². The van der Waals surface area contributed by atoms with Crippen LogP contribution in [0.25, 0.3) is 5.69 Å². The average molecular weight is 362 g/mol. The van der Waals surface area contributed by atoms with Crippen LogP contribution in [0.4, 0.5) is 11.5 Å². The molecule has 2 N–H and O–H groups in total. The normalized spacial score (nSPS) is 10.9. The first-order chi connectivity index (χ1) is 11.3. The summed E-state index contributed by atoms with van der Waals surface area (Å²) in [5, 5.41) is 7.41. The zero-order valence-corrected chi connectivity index (χ0v) is 15.1. The highest BCUT2D eigenvalue weighted by molar-refractivity contribution is 6.32. The minimum Gasteiger partial charge on any atom is -0.340 e. The highest BCUT2D eigenvalue weighted by atomic mass is 35.5. The van der Waals surface area contributed by atoms with E-state index in [9.17, 15) is 4.79 Å². The Labute approximate surface area is 150 Å². The van der Waals surface area contributed by atoms with Crippen LogP contribution in [-0.4, -0.2) is 9.78 Å². The molecular weight excluding hydrogens is 345 g/mol. The second-order valence-electron chi connectivity index (χ2n) is 5.84. The van der Waals surface area contributed by atoms with Gasteiger partial charge in [-0.1, -0.05) is 35.3 Å². The standard InChI is InChI=1S/C18H17Cl2N3O/c1-10-6-12(3)18(14(20)7-10)23-17(24)9-16(22-23)21-15-8-13(19)5-4-11(15)2/h4-9,21-22H,1-3H3. The fourth-order valence-corrected chi connectivity index (χ4v) is 3.27. The molecule has 0 spiro atoms. The van der Waals surface area contributed by atoms with Gasteiger partial charge in [0.2, 0.25) is 0 Å². The lowest BCUT2D eigenvalue weighted by atomic mass is 10.1. The van der Waals surface area contributed by atoms with Crippen LogP contribution in [-0.2, 0) is 0 Å². The molecule has 0 radical (unpaired) electrons. The highest BCUT2D eigenvalue weighted by Gasteiger charge is 2.12. The molecule has 0 aliphatic carbocycles. The third kappa shape index (κ3) is 3.21. The number of hydrogen-bond donors (Lipinski definition) is 2. The van der Waals surface area contributed by atoms with E-state index in [1.54, 1.807) is 0 Å². The van der Waals surface area contributed by atoms with Gasteiger partial charge in [0.05, 0.1) is 10.7 Å². The highest BCUT2D eigenvalue weighted by Crippen LogP contribution is 2.26. The summed E-state index contributed by atoms with van der Waals surface area (Å²) in [7, 11) is 0. The molecule has 0 amide bonds. The van der Waals surface area contributed by atoms with E-state index in [-0.39, 0.29) is 5.56 Å². The average Bonchev–Trinajstić information content (AvgIpc) is 2.82. The molecule has 1 aromatic heterocycles. The fourth-order valence-electron chi connectivity index (χ4n) is 2.69. The monoisotopic (exact) mass is 361 g/mol. The number of aromatic amines is 1. The Bertz CT molecular complexity index is 950. The summed E-state index contributed by atoms with van der Waals surface area (Å²) in [6.45, 7) is 5.86. The van der Waals surface area contributed by atoms with Gasteiger partial charge in [-0.05, 0) is 55.7 Å². The topological polar surface area (TPSA) is 49.8 Å². The number of aryl methyl sites for hydroxylation is 3. The molecule has 3 aromatic rings. The van der Waals surface area contributed by atoms with Gasteiger partial charge in [0.15, 0.2) is 0 Å². The Hall–Kier alpha value is -2.17. The molecule has 2 aromatic carbocycles. The molecule has 0 aliphatic heterocycles. The van der Waals surface area contributed by atoms with E-state index in [0.29, 0.717) is 21.6 Å². The van der Waals surface area contributed by atoms with Crippen LogP contribution >= 0.6 is 23.2 Å². The first kappa shape index (κ1) is 16.7. The number of halogens is 2. The van der Waals surface area contributed by atoms with Crippen molar-refractivity contribution in [1.82, 2.24) is 9.78 Å². The lowest BCUT2D eigenvalue weighted by molar-refractivity contribution is 0.845. The van der Waals surface area contributed by atoms with E-state index in [2.05, 4.69) is 10.4 Å². The predicted octanol–water partition coefficient (Wildman–Crippen LogP) is 5.14. The maximum atomic E-state index is 12.4. The summed E-state index contributed by atoms with van der Waals surface area (Å²) in [5.74, 6) is 0.571. The largest absolute Gasteiger partial charge is 0.340 e. The van der Waals surface area contributed by atoms with Crippen molar-refractivity contribution in [2.45, 2.75) is 20.8 Å². The Morgan fingerprint density at radius 3 is 2.46 bits per heavy atom. The quantitative estimate of drug-likeness (QED) is 0.678. The van der Waals surface area contributed by atoms with Gasteiger partial charge in [0, 0.05) is 16.8 Å². The van der Waals surface area contributed by atoms with Gasteiger partial charge in [-0.15, -0.1) is 0 Å². The van der Waals surface area contributed by atoms with Gasteiger partial charge in [-0.2, -0.15) is 0 Å². The number of nitrogens with one attached hydrogen (secondary N) is 2. The molecule has 1 heterocycles. The first-order valence-electron chi connectivity index (χ1n) is 7.47. The molecule has 0 atom stereocenters. The van der Waals surface area contributed by atoms with Crippen LogP contribution in [0, 0.1) is 20.8 Å². The van der Waals surface area contributed by atoms with E-state index in [4.69, 9.17) is 23.2 Å². The van der Waals surface area contributed by atoms with Crippen LogP contribution in [0.2, 0.25) is 10.0 Å². The number of benzene rings is 2. The van der Waals surface area contributed by atoms with Gasteiger partial charge >= 0.3 is 0 Å². The molecule has 0 bridgehead atoms. The first-order valence-corrected chi connectivity index (χ1v) is 8.23. The molecule has 0 unspecified atom stereocenters. The van der Waals surface area contributed by atoms with Crippen molar-refractivity contribution in [3.8, 4) is 5.69 Å². The van der Waals surface area contributed by atoms with E-state index in [0.717, 1.165) is 22.4 Å². The van der Waals surface area contributed by atoms with E-state index >= 15 is 0 Å². The molecule has 3 rings (SSSR count). The summed E-state index contributed by atoms with van der Waals surface area (Å²) in [6, 6.07) is 10.9. The maximum absolute atomic E-state index is 12.4. The predicted molar refractivity (Wildman–Crippen MR) is 100 cm³/mol. The summed E-state index contributed by atoms with van der Waals surface area (Å²) in [5.41, 5.74) is 4.30. The van der Waals surface area contributed by atoms with E-state index < -0.39 is 0 Å². The lowest BCUT2D eigenvalue weighted by Gasteiger charge is -2.11. The second kappa shape index (κ2) is 6.38. The van der Waals surface area contributed by atoms with Gasteiger partial charge in [-0.25, -0.2) is 4.68 Å². The molecular formula is C18H17Cl2N3O. The zero-order valence-electron chi connectivity index (χ0n) is 13.6. The van der Waals surface area contributed by atoms with Gasteiger partial charge in [0.1, 0.15) is 5.82 Å². The summed E-state index contributed by atoms with van der Waals surface area (Å²) in [4.78, 5) is 12.4. The summed E-state index contributed by atoms with van der Waals surface area (Å²) in [6.07, 6.45) is 0. The van der Waals surface area contributed by atoms with Crippen LogP contribution in [0.1, 0.15) is 16.7 Å². The molecule has 0 saturated carbocycles. The van der Waals surface area contributed by atoms with E-state index in [1.807, 2.05) is 51.1 Å². The Kier molecular flexibility index (Phi) is 4.43. The maximum Gasteiger partial charge on any atom is 0.273 e. The number of nitrogens with zero attached hydrogens (tertiary/aromatic N) is 1. The summed E-state index contributed by atoms with van der Waals surface area (Å²) < 4.78 is 1.44. The minimum absolute atomic E-state index is 0.189. The molecule has 0 aliphatic rings. The van der Waals surface area contributed by atoms with Gasteiger partial charge in [-0.3, -0.25) is 9.89 Å². The third-order valence-corrected chi connectivity index (χ3v) is 4.33. The van der Waals surface area contributed by atoms with Crippen molar-refractivity contribution in [3.63, 3.8) is 0 Å². The molecule has 0 saturated heterocycles. The van der Waals surface area contributed by atoms with E-state index in [1.165, 1.54) is 10.7 Å². The zero-order chi connectivity index (χ0) is 17.4. The molecule has 24 heavy (non-hydrogen) atoms. The van der Waals surface area contributed by atoms with Crippen molar-refractivity contribution in [2.75, 3.05) is 5.32 Å². The smallest absolute Gasteiger partial charge is 0.273 e. The van der Waals surface area contributed by atoms with Gasteiger partial charge < -0.3 is 5.32 Å². The van der Waals surface area contributed by atoms with Crippen LogP contribution in [0.5, 0.6) is 0 Å². The molecule has 4 nitrogen and oxygen atoms in total. The summed E-state index contributed by atoms with van der Waals surface area (Å²) >= 11 is 12.4. The molecule has 124 valence electrons. The van der Waals surface area contributed by atoms with Crippen LogP contribution in [0.3, 0.4) is 0 Å². The number of rotatable bonds is 3. The van der Waals surface area contributed by atoms with Crippen molar-refractivity contribution in [3.05, 3.63) is 73.5 Å². The Morgan fingerprint density at radius 1 is 1.00 bits per heavy atom. The number of H-pyrrole nitrogens is 1. The minimum atomic E-state index is -0.189.